The van der Waals surface area contributed by atoms with Crippen LogP contribution in [0.2, 0.25) is 0 Å². The van der Waals surface area contributed by atoms with Gasteiger partial charge in [0.1, 0.15) is 0 Å². The molecule has 0 radical (unpaired) electrons. The second-order valence-electron chi connectivity index (χ2n) is 2.58. The molecule has 1 aliphatic carbocycles. The topological polar surface area (TPSA) is 66.3 Å². The number of halogens is 1. The Hall–Kier alpha value is 2.27. The molecule has 0 fully saturated rings. The average Bonchev–Trinajstić information content (AvgIpc) is 2.04. The molecule has 0 bridgehead atoms. The van der Waals surface area contributed by atoms with Gasteiger partial charge in [-0.05, 0) is 6.42 Å². The summed E-state index contributed by atoms with van der Waals surface area (Å²) >= 11 is 3.19. The molecule has 0 amide bonds. The summed E-state index contributed by atoms with van der Waals surface area (Å²) in [4.78, 5) is 21.0. The van der Waals surface area contributed by atoms with Crippen LogP contribution in [0.5, 0.6) is 0 Å². The predicted molar refractivity (Wildman–Crippen MR) is 47.5 cm³/mol. The molecule has 2 unspecified atom stereocenters. The number of hydrogen-bond acceptors (Lipinski definition) is 3. The summed E-state index contributed by atoms with van der Waals surface area (Å²) in [5.41, 5.74) is 0. The third-order valence-corrected chi connectivity index (χ3v) is 3.92. The fourth-order valence-electron chi connectivity index (χ4n) is 0.978. The molecule has 14 heavy (non-hydrogen) atoms. The van der Waals surface area contributed by atoms with E-state index >= 15 is 0 Å². The molecule has 0 aliphatic heterocycles. The van der Waals surface area contributed by atoms with E-state index in [-0.39, 0.29) is 59.1 Å². The third-order valence-electron chi connectivity index (χ3n) is 1.68. The summed E-state index contributed by atoms with van der Waals surface area (Å²) < 4.78 is -0.836. The Morgan fingerprint density at radius 1 is 1.36 bits per heavy atom. The Bertz CT molecular complexity index is 225. The standard InChI is InChI=1S/C7H8BrO3P.2Na/c8-7(6(9)12(10)11)4-2-1-3-5-7;;/h1-4,6,9H,5H2;;/q-2;2*+1. The van der Waals surface area contributed by atoms with Gasteiger partial charge in [-0.15, -0.1) is 0 Å². The van der Waals surface area contributed by atoms with Gasteiger partial charge in [0, 0.05) is 0 Å². The van der Waals surface area contributed by atoms with E-state index in [1.54, 1.807) is 18.2 Å². The number of hydrogen-bond donors (Lipinski definition) is 1. The molecule has 0 heterocycles. The number of aliphatic hydroxyl groups excluding tert-OH is 1. The molecule has 0 spiro atoms. The zero-order valence-electron chi connectivity index (χ0n) is 8.18. The van der Waals surface area contributed by atoms with E-state index in [1.165, 1.54) is 0 Å². The molecule has 7 heteroatoms. The summed E-state index contributed by atoms with van der Waals surface area (Å²) in [6.45, 7) is 0. The molecule has 2 atom stereocenters. The van der Waals surface area contributed by atoms with Crippen LogP contribution in [0.4, 0.5) is 0 Å². The number of rotatable bonds is 2. The van der Waals surface area contributed by atoms with Crippen LogP contribution in [0.25, 0.3) is 0 Å². The van der Waals surface area contributed by atoms with E-state index in [1.807, 2.05) is 6.08 Å². The van der Waals surface area contributed by atoms with Crippen LogP contribution in [0.1, 0.15) is 6.42 Å². The monoisotopic (exact) mass is 296 g/mol. The van der Waals surface area contributed by atoms with Crippen LogP contribution >= 0.6 is 24.3 Å². The normalized spacial score (nSPS) is 26.6. The van der Waals surface area contributed by atoms with Gasteiger partial charge in [-0.3, -0.25) is 8.38 Å². The first-order valence-corrected chi connectivity index (χ1v) is 5.45. The van der Waals surface area contributed by atoms with Gasteiger partial charge in [-0.25, -0.2) is 0 Å². The molecule has 0 saturated heterocycles. The van der Waals surface area contributed by atoms with E-state index in [2.05, 4.69) is 15.9 Å². The van der Waals surface area contributed by atoms with Crippen LogP contribution in [0.3, 0.4) is 0 Å². The van der Waals surface area contributed by atoms with Crippen LogP contribution in [-0.2, 0) is 0 Å². The van der Waals surface area contributed by atoms with E-state index in [0.29, 0.717) is 6.42 Å². The van der Waals surface area contributed by atoms with Crippen molar-refractivity contribution < 1.29 is 74.0 Å². The van der Waals surface area contributed by atoms with Crippen molar-refractivity contribution in [3.63, 3.8) is 0 Å². The first kappa shape index (κ1) is 18.6. The van der Waals surface area contributed by atoms with Crippen molar-refractivity contribution in [3.05, 3.63) is 24.3 Å². The maximum absolute atomic E-state index is 10.5. The van der Waals surface area contributed by atoms with Crippen molar-refractivity contribution >= 4 is 24.3 Å². The van der Waals surface area contributed by atoms with Gasteiger partial charge in [-0.1, -0.05) is 40.2 Å². The molecule has 1 N–H and O–H groups in total. The number of allylic oxidation sites excluding steroid dienone is 3. The Morgan fingerprint density at radius 2 is 1.93 bits per heavy atom. The first-order chi connectivity index (χ1) is 5.56. The van der Waals surface area contributed by atoms with Gasteiger partial charge >= 0.3 is 59.1 Å². The smallest absolute Gasteiger partial charge is 0.840 e. The molecule has 1 rings (SSSR count). The zero-order chi connectivity index (χ0) is 9.19. The molecular weight excluding hydrogens is 289 g/mol. The number of aliphatic hydroxyl groups is 1. The Morgan fingerprint density at radius 3 is 2.29 bits per heavy atom. The van der Waals surface area contributed by atoms with Gasteiger partial charge < -0.3 is 14.9 Å². The van der Waals surface area contributed by atoms with Crippen molar-refractivity contribution in [2.45, 2.75) is 16.6 Å². The zero-order valence-corrected chi connectivity index (χ0v) is 14.7. The summed E-state index contributed by atoms with van der Waals surface area (Å²) in [5, 5.41) is 9.28. The van der Waals surface area contributed by atoms with Crippen molar-refractivity contribution in [2.24, 2.45) is 0 Å². The summed E-state index contributed by atoms with van der Waals surface area (Å²) in [5.74, 6) is -1.37. The fourth-order valence-corrected chi connectivity index (χ4v) is 2.36. The summed E-state index contributed by atoms with van der Waals surface area (Å²) in [7, 11) is -2.81. The van der Waals surface area contributed by atoms with Crippen LogP contribution in [0.15, 0.2) is 24.3 Å². The van der Waals surface area contributed by atoms with Gasteiger partial charge in [-0.2, -0.15) is 0 Å². The van der Waals surface area contributed by atoms with Gasteiger partial charge in [0.05, 0.1) is 10.2 Å². The molecule has 0 aromatic heterocycles. The van der Waals surface area contributed by atoms with E-state index in [0.717, 1.165) is 0 Å². The van der Waals surface area contributed by atoms with Crippen LogP contribution in [0, 0.1) is 0 Å². The summed E-state index contributed by atoms with van der Waals surface area (Å²) in [6.07, 6.45) is 7.44. The van der Waals surface area contributed by atoms with Crippen molar-refractivity contribution in [2.75, 3.05) is 0 Å². The fraction of sp³-hybridized carbons (Fsp3) is 0.429. The third kappa shape index (κ3) is 5.07. The minimum absolute atomic E-state index is 0. The Labute approximate surface area is 137 Å². The van der Waals surface area contributed by atoms with Gasteiger partial charge in [0.2, 0.25) is 0 Å². The minimum Gasteiger partial charge on any atom is -0.840 e. The van der Waals surface area contributed by atoms with Crippen LogP contribution < -0.4 is 68.9 Å². The summed E-state index contributed by atoms with van der Waals surface area (Å²) in [6, 6.07) is 0. The maximum atomic E-state index is 10.5. The van der Waals surface area contributed by atoms with Crippen LogP contribution in [-0.4, -0.2) is 15.3 Å². The Balaban J connectivity index is 0. The Kier molecular flexibility index (Phi) is 11.1. The molecule has 0 aromatic carbocycles. The minimum atomic E-state index is -2.81. The van der Waals surface area contributed by atoms with Crippen molar-refractivity contribution in [1.82, 2.24) is 0 Å². The van der Waals surface area contributed by atoms with Gasteiger partial charge in [0.25, 0.3) is 0 Å². The van der Waals surface area contributed by atoms with Crippen molar-refractivity contribution in [1.29, 1.82) is 0 Å². The van der Waals surface area contributed by atoms with E-state index in [9.17, 15) is 14.9 Å². The molecular formula is C7H8BrNa2O3P. The van der Waals surface area contributed by atoms with E-state index < -0.39 is 18.5 Å². The predicted octanol–water partition coefficient (Wildman–Crippen LogP) is -6.00. The van der Waals surface area contributed by atoms with Crippen molar-refractivity contribution in [3.8, 4) is 0 Å². The second kappa shape index (κ2) is 8.37. The first-order valence-electron chi connectivity index (χ1n) is 3.41. The van der Waals surface area contributed by atoms with E-state index in [4.69, 9.17) is 0 Å². The second-order valence-corrected chi connectivity index (χ2v) is 5.11. The molecule has 68 valence electrons. The molecule has 1 aliphatic rings. The number of alkyl halides is 1. The molecule has 0 aromatic rings. The largest absolute Gasteiger partial charge is 1.00 e. The SMILES string of the molecule is [Na+].[Na+].[O-]P([O-])C(O)C1(Br)C=CC=CC1. The molecule has 0 saturated carbocycles. The van der Waals surface area contributed by atoms with Gasteiger partial charge in [0.15, 0.2) is 0 Å². The quantitative estimate of drug-likeness (QED) is 0.313. The average molecular weight is 297 g/mol. The molecule has 3 nitrogen and oxygen atoms in total. The maximum Gasteiger partial charge on any atom is 1.00 e.